The Labute approximate surface area is 185 Å². The summed E-state index contributed by atoms with van der Waals surface area (Å²) in [6.45, 7) is 3.63. The summed E-state index contributed by atoms with van der Waals surface area (Å²) in [6.07, 6.45) is 3.14. The van der Waals surface area contributed by atoms with Gasteiger partial charge in [-0.3, -0.25) is 9.69 Å². The second-order valence-electron chi connectivity index (χ2n) is 8.26. The van der Waals surface area contributed by atoms with E-state index < -0.39 is 11.6 Å². The molecule has 8 nitrogen and oxygen atoms in total. The van der Waals surface area contributed by atoms with Crippen molar-refractivity contribution in [3.63, 3.8) is 0 Å². The van der Waals surface area contributed by atoms with Crippen LogP contribution in [0.1, 0.15) is 34.0 Å². The highest BCUT2D eigenvalue weighted by molar-refractivity contribution is 5.94. The number of hydrogen-bond acceptors (Lipinski definition) is 6. The molecule has 164 valence electrons. The van der Waals surface area contributed by atoms with Crippen LogP contribution < -0.4 is 5.32 Å². The molecule has 1 aliphatic heterocycles. The average Bonchev–Trinajstić information content (AvgIpc) is 3.42. The second kappa shape index (κ2) is 8.22. The molecule has 0 unspecified atom stereocenters. The maximum absolute atomic E-state index is 13.2. The highest BCUT2D eigenvalue weighted by Gasteiger charge is 2.45. The van der Waals surface area contributed by atoms with E-state index in [4.69, 9.17) is 4.42 Å². The normalized spacial score (nSPS) is 21.6. The third-order valence-electron chi connectivity index (χ3n) is 6.09. The molecule has 0 bridgehead atoms. The molecule has 32 heavy (non-hydrogen) atoms. The van der Waals surface area contributed by atoms with Crippen LogP contribution in [0.15, 0.2) is 71.4 Å². The second-order valence-corrected chi connectivity index (χ2v) is 8.26. The minimum atomic E-state index is -0.919. The van der Waals surface area contributed by atoms with Gasteiger partial charge in [-0.05, 0) is 37.1 Å². The van der Waals surface area contributed by atoms with Gasteiger partial charge in [0.05, 0.1) is 18.2 Å². The number of carbonyl (C=O) groups is 1. The van der Waals surface area contributed by atoms with Crippen LogP contribution in [0.25, 0.3) is 5.65 Å². The molecular formula is C24H25N5O3. The monoisotopic (exact) mass is 431 g/mol. The zero-order valence-corrected chi connectivity index (χ0v) is 17.8. The van der Waals surface area contributed by atoms with Gasteiger partial charge in [0.2, 0.25) is 0 Å². The summed E-state index contributed by atoms with van der Waals surface area (Å²) >= 11 is 0. The van der Waals surface area contributed by atoms with Gasteiger partial charge in [-0.1, -0.05) is 30.3 Å². The predicted molar refractivity (Wildman–Crippen MR) is 118 cm³/mol. The van der Waals surface area contributed by atoms with Crippen LogP contribution in [0.5, 0.6) is 0 Å². The molecule has 1 aromatic carbocycles. The Hall–Kier alpha value is -3.49. The van der Waals surface area contributed by atoms with Crippen molar-refractivity contribution in [3.8, 4) is 0 Å². The Morgan fingerprint density at radius 2 is 2.09 bits per heavy atom. The van der Waals surface area contributed by atoms with Crippen LogP contribution in [0.3, 0.4) is 0 Å². The SMILES string of the molecule is Cc1ccc(CN2CC[C@@](NC(=O)c3cc4ncccn4n3)(c3ccccc3)[C@H](O)C2)o1. The topological polar surface area (TPSA) is 95.9 Å². The molecule has 1 aliphatic rings. The first-order valence-corrected chi connectivity index (χ1v) is 10.7. The third kappa shape index (κ3) is 3.79. The lowest BCUT2D eigenvalue weighted by Gasteiger charge is -2.46. The fraction of sp³-hybridized carbons (Fsp3) is 0.292. The molecule has 2 atom stereocenters. The molecule has 0 radical (unpaired) electrons. The lowest BCUT2D eigenvalue weighted by molar-refractivity contribution is -0.0198. The fourth-order valence-electron chi connectivity index (χ4n) is 4.42. The maximum Gasteiger partial charge on any atom is 0.272 e. The minimum absolute atomic E-state index is 0.264. The van der Waals surface area contributed by atoms with Crippen molar-refractivity contribution >= 4 is 11.6 Å². The summed E-state index contributed by atoms with van der Waals surface area (Å²) in [4.78, 5) is 19.6. The van der Waals surface area contributed by atoms with Crippen LogP contribution in [0.2, 0.25) is 0 Å². The number of carbonyl (C=O) groups excluding carboxylic acids is 1. The van der Waals surface area contributed by atoms with Gasteiger partial charge in [0.15, 0.2) is 11.3 Å². The Kier molecular flexibility index (Phi) is 5.24. The number of aliphatic hydroxyl groups is 1. The summed E-state index contributed by atoms with van der Waals surface area (Å²) in [6, 6.07) is 17.0. The Morgan fingerprint density at radius 3 is 2.81 bits per heavy atom. The number of fused-ring (bicyclic) bond motifs is 1. The van der Waals surface area contributed by atoms with Gasteiger partial charge in [0.25, 0.3) is 5.91 Å². The van der Waals surface area contributed by atoms with E-state index in [0.29, 0.717) is 31.7 Å². The molecule has 0 saturated carbocycles. The van der Waals surface area contributed by atoms with Gasteiger partial charge in [-0.2, -0.15) is 5.10 Å². The zero-order valence-electron chi connectivity index (χ0n) is 17.8. The maximum atomic E-state index is 13.2. The number of piperidine rings is 1. The molecule has 1 amide bonds. The van der Waals surface area contributed by atoms with Gasteiger partial charge in [0.1, 0.15) is 11.5 Å². The number of nitrogens with one attached hydrogen (secondary N) is 1. The van der Waals surface area contributed by atoms with Gasteiger partial charge >= 0.3 is 0 Å². The summed E-state index contributed by atoms with van der Waals surface area (Å²) in [5, 5.41) is 18.8. The first kappa shape index (κ1) is 20.4. The highest BCUT2D eigenvalue weighted by Crippen LogP contribution is 2.34. The molecule has 0 aliphatic carbocycles. The molecule has 2 N–H and O–H groups in total. The van der Waals surface area contributed by atoms with Crippen molar-refractivity contribution in [3.05, 3.63) is 89.8 Å². The molecule has 3 aromatic heterocycles. The van der Waals surface area contributed by atoms with Crippen LogP contribution in [0.4, 0.5) is 0 Å². The molecule has 8 heteroatoms. The van der Waals surface area contributed by atoms with E-state index in [9.17, 15) is 9.90 Å². The van der Waals surface area contributed by atoms with Crippen molar-refractivity contribution in [2.45, 2.75) is 31.5 Å². The number of rotatable bonds is 5. The van der Waals surface area contributed by atoms with Crippen LogP contribution in [0, 0.1) is 6.92 Å². The van der Waals surface area contributed by atoms with Crippen LogP contribution in [-0.2, 0) is 12.1 Å². The number of amides is 1. The molecule has 1 saturated heterocycles. The predicted octanol–water partition coefficient (Wildman–Crippen LogP) is 2.52. The average molecular weight is 431 g/mol. The van der Waals surface area contributed by atoms with Gasteiger partial charge < -0.3 is 14.8 Å². The lowest BCUT2D eigenvalue weighted by Crippen LogP contribution is -2.61. The number of β-amino-alcohol motifs (C(OH)–C–C–N with tert-alkyl or cyclic N) is 1. The summed E-state index contributed by atoms with van der Waals surface area (Å²) in [7, 11) is 0. The van der Waals surface area contributed by atoms with Gasteiger partial charge in [-0.15, -0.1) is 0 Å². The highest BCUT2D eigenvalue weighted by atomic mass is 16.3. The number of furan rings is 1. The first-order chi connectivity index (χ1) is 15.5. The van der Waals surface area contributed by atoms with E-state index in [0.717, 1.165) is 17.1 Å². The number of benzene rings is 1. The molecule has 4 heterocycles. The van der Waals surface area contributed by atoms with Crippen molar-refractivity contribution in [1.82, 2.24) is 24.8 Å². The van der Waals surface area contributed by atoms with Crippen LogP contribution in [-0.4, -0.2) is 49.7 Å². The van der Waals surface area contributed by atoms with Crippen LogP contribution >= 0.6 is 0 Å². The summed E-state index contributed by atoms with van der Waals surface area (Å²) in [5.74, 6) is 1.39. The first-order valence-electron chi connectivity index (χ1n) is 10.7. The van der Waals surface area contributed by atoms with Crippen molar-refractivity contribution in [1.29, 1.82) is 0 Å². The van der Waals surface area contributed by atoms with E-state index in [-0.39, 0.29) is 11.6 Å². The molecular weight excluding hydrogens is 406 g/mol. The van der Waals surface area contributed by atoms with E-state index in [1.54, 1.807) is 29.0 Å². The van der Waals surface area contributed by atoms with Crippen molar-refractivity contribution < 1.29 is 14.3 Å². The molecule has 5 rings (SSSR count). The Balaban J connectivity index is 1.41. The number of aromatic nitrogens is 3. The molecule has 4 aromatic rings. The molecule has 0 spiro atoms. The standard InChI is InChI=1S/C24H25N5O3/c1-17-8-9-19(32-17)15-28-13-10-24(21(30)16-28,18-6-3-2-4-7-18)26-23(31)20-14-22-25-11-5-12-29(22)27-20/h2-9,11-12,14,21,30H,10,13,15-16H2,1H3,(H,26,31)/t21-,24-/m1/s1. The minimum Gasteiger partial charge on any atom is -0.465 e. The summed E-state index contributed by atoms with van der Waals surface area (Å²) < 4.78 is 7.26. The number of hydrogen-bond donors (Lipinski definition) is 2. The Morgan fingerprint density at radius 1 is 1.25 bits per heavy atom. The van der Waals surface area contributed by atoms with E-state index in [1.165, 1.54) is 0 Å². The van der Waals surface area contributed by atoms with E-state index >= 15 is 0 Å². The fourth-order valence-corrected chi connectivity index (χ4v) is 4.42. The third-order valence-corrected chi connectivity index (χ3v) is 6.09. The van der Waals surface area contributed by atoms with Gasteiger partial charge in [-0.25, -0.2) is 9.50 Å². The lowest BCUT2D eigenvalue weighted by atomic mass is 9.78. The smallest absolute Gasteiger partial charge is 0.272 e. The van der Waals surface area contributed by atoms with Gasteiger partial charge in [0, 0.05) is 31.5 Å². The van der Waals surface area contributed by atoms with E-state index in [1.807, 2.05) is 49.4 Å². The quantitative estimate of drug-likeness (QED) is 0.504. The molecule has 1 fully saturated rings. The number of aliphatic hydroxyl groups excluding tert-OH is 1. The largest absolute Gasteiger partial charge is 0.465 e. The van der Waals surface area contributed by atoms with Crippen molar-refractivity contribution in [2.75, 3.05) is 13.1 Å². The van der Waals surface area contributed by atoms with E-state index in [2.05, 4.69) is 20.3 Å². The Bertz CT molecular complexity index is 1200. The number of likely N-dealkylation sites (tertiary alicyclic amines) is 1. The number of nitrogens with zero attached hydrogens (tertiary/aromatic N) is 4. The number of aryl methyl sites for hydroxylation is 1. The summed E-state index contributed by atoms with van der Waals surface area (Å²) in [5.41, 5.74) is 0.809. The van der Waals surface area contributed by atoms with Crippen molar-refractivity contribution in [2.24, 2.45) is 0 Å². The zero-order chi connectivity index (χ0) is 22.1.